The van der Waals surface area contributed by atoms with Crippen LogP contribution in [0, 0.1) is 0 Å². The summed E-state index contributed by atoms with van der Waals surface area (Å²) in [4.78, 5) is 20.5. The van der Waals surface area contributed by atoms with E-state index in [1.54, 1.807) is 31.4 Å². The fourth-order valence-corrected chi connectivity index (χ4v) is 2.20. The molecule has 0 radical (unpaired) electrons. The molecule has 3 aromatic rings. The van der Waals surface area contributed by atoms with Crippen LogP contribution >= 0.6 is 11.6 Å². The molecule has 0 aliphatic rings. The number of hydrogen-bond acceptors (Lipinski definition) is 5. The van der Waals surface area contributed by atoms with E-state index in [1.807, 2.05) is 24.3 Å². The van der Waals surface area contributed by atoms with E-state index in [-0.39, 0.29) is 5.91 Å². The van der Waals surface area contributed by atoms with Gasteiger partial charge in [-0.25, -0.2) is 9.97 Å². The SMILES string of the molecule is COc1cccc(Nc2ncc(C(=O)Nc3ccc(Cl)cc3)cn2)c1. The number of nitrogens with zero attached hydrogens (tertiary/aromatic N) is 2. The minimum Gasteiger partial charge on any atom is -0.497 e. The van der Waals surface area contributed by atoms with Crippen molar-refractivity contribution in [2.45, 2.75) is 0 Å². The van der Waals surface area contributed by atoms with Gasteiger partial charge in [0.1, 0.15) is 5.75 Å². The molecule has 7 heteroatoms. The lowest BCUT2D eigenvalue weighted by atomic mass is 10.3. The first-order valence-electron chi connectivity index (χ1n) is 7.44. The summed E-state index contributed by atoms with van der Waals surface area (Å²) < 4.78 is 5.17. The van der Waals surface area contributed by atoms with Gasteiger partial charge in [-0.05, 0) is 36.4 Å². The highest BCUT2D eigenvalue weighted by Crippen LogP contribution is 2.19. The molecule has 0 spiro atoms. The molecule has 3 rings (SSSR count). The molecule has 0 fully saturated rings. The quantitative estimate of drug-likeness (QED) is 0.720. The number of carbonyl (C=O) groups is 1. The minimum atomic E-state index is -0.296. The Labute approximate surface area is 149 Å². The number of anilines is 3. The second-order valence-corrected chi connectivity index (χ2v) is 5.55. The maximum atomic E-state index is 12.2. The summed E-state index contributed by atoms with van der Waals surface area (Å²) in [5, 5.41) is 6.41. The molecule has 25 heavy (non-hydrogen) atoms. The van der Waals surface area contributed by atoms with Gasteiger partial charge in [0.25, 0.3) is 5.91 Å². The molecule has 1 heterocycles. The molecule has 0 aliphatic carbocycles. The number of halogens is 1. The second kappa shape index (κ2) is 7.63. The standard InChI is InChI=1S/C18H15ClN4O2/c1-25-16-4-2-3-15(9-16)23-18-20-10-12(11-21-18)17(24)22-14-7-5-13(19)6-8-14/h2-11H,1H3,(H,22,24)(H,20,21,23). The number of hydrogen-bond donors (Lipinski definition) is 2. The summed E-state index contributed by atoms with van der Waals surface area (Å²) in [5.41, 5.74) is 1.79. The number of nitrogens with one attached hydrogen (secondary N) is 2. The van der Waals surface area contributed by atoms with Crippen molar-refractivity contribution in [2.75, 3.05) is 17.7 Å². The van der Waals surface area contributed by atoms with E-state index in [0.717, 1.165) is 11.4 Å². The summed E-state index contributed by atoms with van der Waals surface area (Å²) in [7, 11) is 1.60. The van der Waals surface area contributed by atoms with E-state index in [9.17, 15) is 4.79 Å². The van der Waals surface area contributed by atoms with E-state index in [1.165, 1.54) is 12.4 Å². The highest BCUT2D eigenvalue weighted by molar-refractivity contribution is 6.30. The number of amides is 1. The van der Waals surface area contributed by atoms with Crippen molar-refractivity contribution in [2.24, 2.45) is 0 Å². The fraction of sp³-hybridized carbons (Fsp3) is 0.0556. The monoisotopic (exact) mass is 354 g/mol. The molecule has 0 saturated heterocycles. The molecule has 0 bridgehead atoms. The van der Waals surface area contributed by atoms with E-state index in [0.29, 0.717) is 22.2 Å². The van der Waals surface area contributed by atoms with Gasteiger partial charge >= 0.3 is 0 Å². The summed E-state index contributed by atoms with van der Waals surface area (Å²) >= 11 is 5.82. The van der Waals surface area contributed by atoms with Crippen LogP contribution in [-0.2, 0) is 0 Å². The lowest BCUT2D eigenvalue weighted by molar-refractivity contribution is 0.102. The Morgan fingerprint density at radius 1 is 1.04 bits per heavy atom. The van der Waals surface area contributed by atoms with Crippen LogP contribution < -0.4 is 15.4 Å². The Bertz CT molecular complexity index is 867. The summed E-state index contributed by atoms with van der Waals surface area (Å²) in [6, 6.07) is 14.2. The van der Waals surface area contributed by atoms with Gasteiger partial charge in [0.05, 0.1) is 12.7 Å². The van der Waals surface area contributed by atoms with Crippen LogP contribution in [-0.4, -0.2) is 23.0 Å². The van der Waals surface area contributed by atoms with Crippen LogP contribution in [0.15, 0.2) is 60.9 Å². The average Bonchev–Trinajstić information content (AvgIpc) is 2.64. The van der Waals surface area contributed by atoms with Crippen LogP contribution in [0.25, 0.3) is 0 Å². The summed E-state index contributed by atoms with van der Waals surface area (Å²) in [5.74, 6) is 0.815. The highest BCUT2D eigenvalue weighted by atomic mass is 35.5. The van der Waals surface area contributed by atoms with Crippen molar-refractivity contribution in [1.82, 2.24) is 9.97 Å². The van der Waals surface area contributed by atoms with Crippen molar-refractivity contribution in [3.05, 3.63) is 71.5 Å². The molecule has 2 N–H and O–H groups in total. The van der Waals surface area contributed by atoms with Crippen LogP contribution in [0.1, 0.15) is 10.4 Å². The van der Waals surface area contributed by atoms with Gasteiger partial charge in [-0.1, -0.05) is 17.7 Å². The average molecular weight is 355 g/mol. The van der Waals surface area contributed by atoms with Gasteiger partial charge in [0.15, 0.2) is 0 Å². The lowest BCUT2D eigenvalue weighted by Gasteiger charge is -2.08. The summed E-state index contributed by atoms with van der Waals surface area (Å²) in [6.45, 7) is 0. The lowest BCUT2D eigenvalue weighted by Crippen LogP contribution is -2.13. The number of carbonyl (C=O) groups excluding carboxylic acids is 1. The first kappa shape index (κ1) is 16.7. The van der Waals surface area contributed by atoms with Crippen molar-refractivity contribution in [3.63, 3.8) is 0 Å². The van der Waals surface area contributed by atoms with Crippen LogP contribution in [0.2, 0.25) is 5.02 Å². The van der Waals surface area contributed by atoms with Crippen LogP contribution in [0.3, 0.4) is 0 Å². The Kier molecular flexibility index (Phi) is 5.11. The molecule has 126 valence electrons. The van der Waals surface area contributed by atoms with Gasteiger partial charge in [-0.2, -0.15) is 0 Å². The maximum absolute atomic E-state index is 12.2. The van der Waals surface area contributed by atoms with Gasteiger partial charge in [0, 0.05) is 34.9 Å². The largest absolute Gasteiger partial charge is 0.497 e. The maximum Gasteiger partial charge on any atom is 0.258 e. The number of ether oxygens (including phenoxy) is 1. The van der Waals surface area contributed by atoms with Gasteiger partial charge < -0.3 is 15.4 Å². The predicted molar refractivity (Wildman–Crippen MR) is 97.7 cm³/mol. The third-order valence-corrected chi connectivity index (χ3v) is 3.59. The van der Waals surface area contributed by atoms with Crippen LogP contribution in [0.5, 0.6) is 5.75 Å². The zero-order valence-corrected chi connectivity index (χ0v) is 14.1. The smallest absolute Gasteiger partial charge is 0.258 e. The number of methoxy groups -OCH3 is 1. The Hall–Kier alpha value is -3.12. The molecular weight excluding hydrogens is 340 g/mol. The van der Waals surface area contributed by atoms with Gasteiger partial charge in [0.2, 0.25) is 5.95 Å². The summed E-state index contributed by atoms with van der Waals surface area (Å²) in [6.07, 6.45) is 2.92. The molecule has 0 unspecified atom stereocenters. The van der Waals surface area contributed by atoms with Crippen molar-refractivity contribution in [1.29, 1.82) is 0 Å². The van der Waals surface area contributed by atoms with E-state index in [2.05, 4.69) is 20.6 Å². The molecule has 0 aliphatic heterocycles. The van der Waals surface area contributed by atoms with Crippen molar-refractivity contribution in [3.8, 4) is 5.75 Å². The van der Waals surface area contributed by atoms with Gasteiger partial charge in [-0.3, -0.25) is 4.79 Å². The third-order valence-electron chi connectivity index (χ3n) is 3.34. The Morgan fingerprint density at radius 2 is 1.76 bits per heavy atom. The topological polar surface area (TPSA) is 76.1 Å². The normalized spacial score (nSPS) is 10.2. The number of benzene rings is 2. The Balaban J connectivity index is 1.66. The van der Waals surface area contributed by atoms with E-state index in [4.69, 9.17) is 16.3 Å². The second-order valence-electron chi connectivity index (χ2n) is 5.11. The third kappa shape index (κ3) is 4.45. The van der Waals surface area contributed by atoms with Crippen molar-refractivity contribution < 1.29 is 9.53 Å². The van der Waals surface area contributed by atoms with Crippen molar-refractivity contribution >= 4 is 34.8 Å². The molecular formula is C18H15ClN4O2. The molecule has 2 aromatic carbocycles. The highest BCUT2D eigenvalue weighted by Gasteiger charge is 2.08. The van der Waals surface area contributed by atoms with E-state index >= 15 is 0 Å². The molecule has 0 atom stereocenters. The molecule has 0 saturated carbocycles. The number of aromatic nitrogens is 2. The number of rotatable bonds is 5. The van der Waals surface area contributed by atoms with Crippen LogP contribution in [0.4, 0.5) is 17.3 Å². The van der Waals surface area contributed by atoms with E-state index < -0.39 is 0 Å². The molecule has 1 amide bonds. The predicted octanol–water partition coefficient (Wildman–Crippen LogP) is 4.13. The molecule has 1 aromatic heterocycles. The zero-order valence-electron chi connectivity index (χ0n) is 13.4. The fourth-order valence-electron chi connectivity index (χ4n) is 2.08. The minimum absolute atomic E-state index is 0.296. The zero-order chi connectivity index (χ0) is 17.6. The van der Waals surface area contributed by atoms with Gasteiger partial charge in [-0.15, -0.1) is 0 Å². The first-order valence-corrected chi connectivity index (χ1v) is 7.82. The first-order chi connectivity index (χ1) is 12.1. The molecule has 6 nitrogen and oxygen atoms in total. The Morgan fingerprint density at radius 3 is 2.44 bits per heavy atom.